The highest BCUT2D eigenvalue weighted by atomic mass is 32.1. The summed E-state index contributed by atoms with van der Waals surface area (Å²) in [5.74, 6) is 0. The number of anilines is 3. The molecule has 2 aliphatic rings. The minimum atomic E-state index is -0.494. The summed E-state index contributed by atoms with van der Waals surface area (Å²) in [5, 5.41) is 6.38. The van der Waals surface area contributed by atoms with E-state index in [9.17, 15) is 0 Å². The Kier molecular flexibility index (Phi) is 8.08. The topological polar surface area (TPSA) is 3.24 Å². The quantitative estimate of drug-likeness (QED) is 0.152. The molecule has 1 heterocycles. The first kappa shape index (κ1) is 34.8. The average Bonchev–Trinajstić information content (AvgIpc) is 3.70. The van der Waals surface area contributed by atoms with Crippen molar-refractivity contribution in [1.82, 2.24) is 0 Å². The van der Waals surface area contributed by atoms with E-state index in [1.165, 1.54) is 86.6 Å². The molecule has 0 fully saturated rings. The number of hydrogen-bond acceptors (Lipinski definition) is 2. The van der Waals surface area contributed by atoms with Gasteiger partial charge in [-0.05, 0) is 127 Å². The van der Waals surface area contributed by atoms with E-state index in [1.807, 2.05) is 11.3 Å². The summed E-state index contributed by atoms with van der Waals surface area (Å²) in [4.78, 5) is 3.78. The van der Waals surface area contributed by atoms with Gasteiger partial charge >= 0.3 is 0 Å². The van der Waals surface area contributed by atoms with Crippen LogP contribution in [0.4, 0.5) is 17.1 Å². The Hall–Kier alpha value is -7.26. The molecular formula is C58H39NS. The van der Waals surface area contributed by atoms with Crippen LogP contribution in [-0.2, 0) is 5.41 Å². The summed E-state index contributed by atoms with van der Waals surface area (Å²) in [6.07, 6.45) is 10.1. The molecule has 0 radical (unpaired) electrons. The lowest BCUT2D eigenvalue weighted by Crippen LogP contribution is -2.28. The van der Waals surface area contributed by atoms with Crippen molar-refractivity contribution in [3.8, 4) is 22.3 Å². The van der Waals surface area contributed by atoms with Crippen molar-refractivity contribution in [2.45, 2.75) is 11.8 Å². The zero-order chi connectivity index (χ0) is 39.6. The number of fused-ring (bicyclic) bond motifs is 9. The second-order valence-electron chi connectivity index (χ2n) is 16.0. The molecule has 0 unspecified atom stereocenters. The Balaban J connectivity index is 1.06. The Labute approximate surface area is 354 Å². The maximum atomic E-state index is 2.47. The van der Waals surface area contributed by atoms with Crippen LogP contribution in [0.25, 0.3) is 66.0 Å². The fourth-order valence-electron chi connectivity index (χ4n) is 10.0. The second-order valence-corrected chi connectivity index (χ2v) is 17.0. The number of benzene rings is 9. The van der Waals surface area contributed by atoms with Gasteiger partial charge in [-0.2, -0.15) is 0 Å². The van der Waals surface area contributed by atoms with E-state index in [-0.39, 0.29) is 0 Å². The molecule has 0 bridgehead atoms. The highest BCUT2D eigenvalue weighted by molar-refractivity contribution is 7.20. The van der Waals surface area contributed by atoms with Gasteiger partial charge in [0.25, 0.3) is 0 Å². The highest BCUT2D eigenvalue weighted by Crippen LogP contribution is 2.57. The van der Waals surface area contributed by atoms with Crippen LogP contribution in [0.3, 0.4) is 0 Å². The predicted molar refractivity (Wildman–Crippen MR) is 257 cm³/mol. The van der Waals surface area contributed by atoms with Gasteiger partial charge in [0.1, 0.15) is 0 Å². The molecule has 0 spiro atoms. The summed E-state index contributed by atoms with van der Waals surface area (Å²) in [5.41, 5.74) is 14.3. The van der Waals surface area contributed by atoms with Crippen LogP contribution in [0.2, 0.25) is 0 Å². The van der Waals surface area contributed by atoms with Gasteiger partial charge in [-0.25, -0.2) is 0 Å². The van der Waals surface area contributed by atoms with Crippen LogP contribution < -0.4 is 4.90 Å². The lowest BCUT2D eigenvalue weighted by atomic mass is 9.67. The normalized spacial score (nSPS) is 13.6. The Morgan fingerprint density at radius 1 is 0.417 bits per heavy atom. The number of thiophene rings is 1. The molecule has 12 rings (SSSR count). The summed E-state index contributed by atoms with van der Waals surface area (Å²) in [6.45, 7) is 0. The number of nitrogens with zero attached hydrogens (tertiary/aromatic N) is 1. The number of allylic oxidation sites excluding steroid dienone is 2. The van der Waals surface area contributed by atoms with Crippen molar-refractivity contribution in [1.29, 1.82) is 0 Å². The van der Waals surface area contributed by atoms with Gasteiger partial charge < -0.3 is 4.90 Å². The van der Waals surface area contributed by atoms with Gasteiger partial charge in [0.15, 0.2) is 0 Å². The van der Waals surface area contributed by atoms with E-state index in [4.69, 9.17) is 0 Å². The Morgan fingerprint density at radius 3 is 1.85 bits per heavy atom. The second kappa shape index (κ2) is 13.9. The molecule has 0 N–H and O–H groups in total. The number of rotatable bonds is 6. The molecule has 1 aromatic heterocycles. The van der Waals surface area contributed by atoms with Crippen molar-refractivity contribution in [2.75, 3.05) is 4.90 Å². The Bertz CT molecular complexity index is 3290. The zero-order valence-electron chi connectivity index (χ0n) is 32.9. The largest absolute Gasteiger partial charge is 0.310 e. The summed E-state index contributed by atoms with van der Waals surface area (Å²) >= 11 is 1.87. The minimum Gasteiger partial charge on any atom is -0.310 e. The predicted octanol–water partition coefficient (Wildman–Crippen LogP) is 16.1. The van der Waals surface area contributed by atoms with Gasteiger partial charge in [0.2, 0.25) is 0 Å². The van der Waals surface area contributed by atoms with Gasteiger partial charge in [-0.3, -0.25) is 0 Å². The molecule has 2 aliphatic carbocycles. The monoisotopic (exact) mass is 781 g/mol. The fraction of sp³-hybridized carbons (Fsp3) is 0.0345. The first-order chi connectivity index (χ1) is 29.7. The average molecular weight is 782 g/mol. The number of hydrogen-bond donors (Lipinski definition) is 0. The van der Waals surface area contributed by atoms with Crippen LogP contribution in [-0.4, -0.2) is 0 Å². The van der Waals surface area contributed by atoms with Gasteiger partial charge in [-0.15, -0.1) is 11.3 Å². The van der Waals surface area contributed by atoms with Crippen molar-refractivity contribution in [2.24, 2.45) is 0 Å². The van der Waals surface area contributed by atoms with Gasteiger partial charge in [-0.1, -0.05) is 170 Å². The van der Waals surface area contributed by atoms with E-state index < -0.39 is 5.41 Å². The molecule has 282 valence electrons. The Morgan fingerprint density at radius 2 is 1.03 bits per heavy atom. The first-order valence-electron chi connectivity index (χ1n) is 20.8. The maximum absolute atomic E-state index is 2.47. The third kappa shape index (κ3) is 5.38. The molecule has 0 amide bonds. The summed E-state index contributed by atoms with van der Waals surface area (Å²) < 4.78 is 1.30. The SMILES string of the molecule is C1=Cc2sc3ccc(N(c4ccc(-c5ccc6ccc7ccccc7c6c5)cc4)c4ccc5c(c4)C(c4ccccc4)(c4ccccc4)c4ccccc4-5)cc3c2C=CC1. The van der Waals surface area contributed by atoms with Crippen LogP contribution >= 0.6 is 11.3 Å². The maximum Gasteiger partial charge on any atom is 0.0714 e. The molecular weight excluding hydrogens is 743 g/mol. The van der Waals surface area contributed by atoms with Crippen molar-refractivity contribution in [3.63, 3.8) is 0 Å². The van der Waals surface area contributed by atoms with Crippen molar-refractivity contribution >= 4 is 72.2 Å². The van der Waals surface area contributed by atoms with E-state index in [2.05, 4.69) is 229 Å². The molecule has 1 nitrogen and oxygen atoms in total. The molecule has 0 saturated carbocycles. The highest BCUT2D eigenvalue weighted by Gasteiger charge is 2.46. The lowest BCUT2D eigenvalue weighted by molar-refractivity contribution is 0.768. The third-order valence-corrected chi connectivity index (χ3v) is 13.9. The van der Waals surface area contributed by atoms with Crippen LogP contribution in [0.15, 0.2) is 212 Å². The summed E-state index contributed by atoms with van der Waals surface area (Å²) in [6, 6.07) is 74.5. The molecule has 60 heavy (non-hydrogen) atoms. The molecule has 0 saturated heterocycles. The smallest absolute Gasteiger partial charge is 0.0714 e. The van der Waals surface area contributed by atoms with Crippen molar-refractivity contribution < 1.29 is 0 Å². The third-order valence-electron chi connectivity index (χ3n) is 12.7. The van der Waals surface area contributed by atoms with Gasteiger partial charge in [0, 0.05) is 37.6 Å². The van der Waals surface area contributed by atoms with Crippen LogP contribution in [0, 0.1) is 0 Å². The van der Waals surface area contributed by atoms with E-state index in [0.717, 1.165) is 23.5 Å². The fourth-order valence-corrected chi connectivity index (χ4v) is 11.1. The standard InChI is InChI=1S/C58H39NS/c1-4-15-43(16-5-1)58(44-17-6-2-7-18-44)54-22-13-12-20-49(54)50-34-32-47(38-55(50)58)59(46-33-35-57-53(37-46)51-21-8-3-9-23-56(51)60-57)45-30-28-39(29-31-45)42-27-26-41-25-24-40-14-10-11-19-48(40)52(41)36-42/h1-2,4-38H,3H2. The summed E-state index contributed by atoms with van der Waals surface area (Å²) in [7, 11) is 0. The van der Waals surface area contributed by atoms with E-state index in [0.29, 0.717) is 0 Å². The minimum absolute atomic E-state index is 0.494. The van der Waals surface area contributed by atoms with E-state index in [1.54, 1.807) is 0 Å². The molecule has 2 heteroatoms. The molecule has 0 atom stereocenters. The molecule has 0 aliphatic heterocycles. The van der Waals surface area contributed by atoms with Crippen LogP contribution in [0.5, 0.6) is 0 Å². The first-order valence-corrected chi connectivity index (χ1v) is 21.6. The van der Waals surface area contributed by atoms with Crippen LogP contribution in [0.1, 0.15) is 39.1 Å². The van der Waals surface area contributed by atoms with Gasteiger partial charge in [0.05, 0.1) is 5.41 Å². The van der Waals surface area contributed by atoms with E-state index >= 15 is 0 Å². The lowest BCUT2D eigenvalue weighted by Gasteiger charge is -2.35. The molecule has 10 aromatic rings. The van der Waals surface area contributed by atoms with Crippen molar-refractivity contribution in [3.05, 3.63) is 245 Å². The molecule has 9 aromatic carbocycles. The zero-order valence-corrected chi connectivity index (χ0v) is 33.7.